The number of amides is 4. The predicted octanol–water partition coefficient (Wildman–Crippen LogP) is 6.78. The van der Waals surface area contributed by atoms with Crippen molar-refractivity contribution in [3.05, 3.63) is 77.0 Å². The van der Waals surface area contributed by atoms with Crippen LogP contribution in [0.3, 0.4) is 0 Å². The molecule has 4 amide bonds. The minimum atomic E-state index is -0.983. The van der Waals surface area contributed by atoms with Crippen LogP contribution >= 0.6 is 0 Å². The van der Waals surface area contributed by atoms with Crippen LogP contribution in [0.25, 0.3) is 32.9 Å². The van der Waals surface area contributed by atoms with Gasteiger partial charge in [-0.25, -0.2) is 8.78 Å². The normalized spacial score (nSPS) is 25.0. The summed E-state index contributed by atoms with van der Waals surface area (Å²) in [5.74, 6) is -2.57. The molecule has 8 heterocycles. The van der Waals surface area contributed by atoms with Gasteiger partial charge in [-0.15, -0.1) is 0 Å². The molecule has 8 aliphatic rings. The molecular formula is C56H61F2N9O7. The molecule has 2 atom stereocenters. The molecule has 2 spiro atoms. The van der Waals surface area contributed by atoms with Crippen molar-refractivity contribution in [2.75, 3.05) is 81.9 Å². The number of likely N-dealkylation sites (tertiary alicyclic amines) is 1. The average Bonchev–Trinajstić information content (AvgIpc) is 4.12. The number of benzene rings is 3. The highest BCUT2D eigenvalue weighted by Crippen LogP contribution is 2.53. The van der Waals surface area contributed by atoms with E-state index in [2.05, 4.69) is 29.9 Å². The highest BCUT2D eigenvalue weighted by atomic mass is 19.1. The van der Waals surface area contributed by atoms with E-state index in [1.165, 1.54) is 25.0 Å². The van der Waals surface area contributed by atoms with Gasteiger partial charge in [0.1, 0.15) is 34.6 Å². The highest BCUT2D eigenvalue weighted by molar-refractivity contribution is 6.23. The number of halogens is 2. The maximum atomic E-state index is 17.3. The van der Waals surface area contributed by atoms with Gasteiger partial charge in [0.2, 0.25) is 11.8 Å². The fourth-order valence-electron chi connectivity index (χ4n) is 13.5. The van der Waals surface area contributed by atoms with E-state index in [0.717, 1.165) is 114 Å². The third kappa shape index (κ3) is 8.13. The number of piperazine rings is 1. The second kappa shape index (κ2) is 17.9. The van der Waals surface area contributed by atoms with Crippen molar-refractivity contribution in [2.24, 2.45) is 10.8 Å². The number of phenols is 1. The Labute approximate surface area is 427 Å². The van der Waals surface area contributed by atoms with Crippen molar-refractivity contribution in [3.8, 4) is 23.0 Å². The number of imide groups is 2. The molecule has 7 fully saturated rings. The first kappa shape index (κ1) is 47.4. The summed E-state index contributed by atoms with van der Waals surface area (Å²) in [5, 5.41) is 14.6. The number of hydrogen-bond acceptors (Lipinski definition) is 14. The summed E-state index contributed by atoms with van der Waals surface area (Å²) in [6.07, 6.45) is 11.8. The summed E-state index contributed by atoms with van der Waals surface area (Å²) in [6.45, 7) is 10.8. The number of fused-ring (bicyclic) bond motifs is 3. The zero-order valence-corrected chi connectivity index (χ0v) is 41.8. The van der Waals surface area contributed by atoms with E-state index in [9.17, 15) is 24.3 Å². The second-order valence-electron chi connectivity index (χ2n) is 22.6. The van der Waals surface area contributed by atoms with Crippen molar-refractivity contribution in [1.29, 1.82) is 0 Å². The number of nitrogens with zero attached hydrogens (tertiary/aromatic N) is 8. The number of aromatic hydroxyl groups is 1. The van der Waals surface area contributed by atoms with Crippen molar-refractivity contribution in [2.45, 2.75) is 102 Å². The molecule has 18 heteroatoms. The van der Waals surface area contributed by atoms with Gasteiger partial charge in [0.15, 0.2) is 5.82 Å². The first-order chi connectivity index (χ1) is 35.8. The lowest BCUT2D eigenvalue weighted by molar-refractivity contribution is -0.151. The lowest BCUT2D eigenvalue weighted by Gasteiger charge is -2.56. The van der Waals surface area contributed by atoms with E-state index in [-0.39, 0.29) is 46.8 Å². The molecule has 6 aliphatic heterocycles. The Morgan fingerprint density at radius 3 is 2.36 bits per heavy atom. The Morgan fingerprint density at radius 1 is 0.851 bits per heavy atom. The first-order valence-corrected chi connectivity index (χ1v) is 26.7. The molecule has 3 aromatic carbocycles. The molecule has 0 bridgehead atoms. The molecule has 5 saturated heterocycles. The molecule has 386 valence electrons. The van der Waals surface area contributed by atoms with Gasteiger partial charge in [-0.3, -0.25) is 39.3 Å². The van der Waals surface area contributed by atoms with Crippen LogP contribution in [-0.4, -0.2) is 148 Å². The number of aryl methyl sites for hydroxylation is 1. The SMILES string of the molecule is CCc1c(F)ccc2cc(O)cc(-c3ncc4c(N5CCCC6(CCO6)C5)nc(OCC5(CN6CCC7(CC6)CC(N6CCN(c8ccc9c(c8)C(=O)N(C8CCC(=O)NC8=O)C9=O)CC6)C7)CC5)nc4c3F)c12. The Hall–Kier alpha value is -6.37. The largest absolute Gasteiger partial charge is 0.508 e. The summed E-state index contributed by atoms with van der Waals surface area (Å²) >= 11 is 0. The van der Waals surface area contributed by atoms with Gasteiger partial charge in [-0.2, -0.15) is 9.97 Å². The number of ether oxygens (including phenoxy) is 2. The minimum absolute atomic E-state index is 0.0247. The van der Waals surface area contributed by atoms with Crippen LogP contribution in [0.5, 0.6) is 11.8 Å². The average molecular weight is 1010 g/mol. The fraction of sp³-hybridized carbons (Fsp3) is 0.518. The van der Waals surface area contributed by atoms with Crippen LogP contribution in [0.4, 0.5) is 20.3 Å². The number of pyridine rings is 1. The standard InChI is InChI=1S/C56H61F2N9O7/c1-2-37-42(57)7-4-33-24-36(68)26-40(45(33)37)47-46(58)48-41(29-59-47)49(66-16-3-10-56(31-66)15-23-74-56)62-53(61-48)73-32-55(11-12-55)30-63-17-13-54(14-18-63)27-35(28-54)65-21-19-64(20-22-65)34-5-6-38-39(25-34)52(72)67(51(38)71)43-8-9-44(69)60-50(43)70/h4-7,24-26,29,35,43,68H,2-3,8-23,27-28,30-32H2,1H3,(H,60,69,70). The van der Waals surface area contributed by atoms with Crippen LogP contribution < -0.4 is 19.9 Å². The number of carbonyl (C=O) groups is 4. The summed E-state index contributed by atoms with van der Waals surface area (Å²) in [4.78, 5) is 76.0. The van der Waals surface area contributed by atoms with Gasteiger partial charge in [0.05, 0.1) is 35.3 Å². The van der Waals surface area contributed by atoms with E-state index < -0.39 is 41.3 Å². The van der Waals surface area contributed by atoms with E-state index in [1.54, 1.807) is 30.5 Å². The molecular weight excluding hydrogens is 949 g/mol. The Bertz CT molecular complexity index is 3160. The molecule has 2 N–H and O–H groups in total. The molecule has 2 aliphatic carbocycles. The van der Waals surface area contributed by atoms with Gasteiger partial charge in [-0.05, 0) is 135 Å². The highest BCUT2D eigenvalue weighted by Gasteiger charge is 2.51. The number of nitrogens with one attached hydrogen (secondary N) is 1. The monoisotopic (exact) mass is 1010 g/mol. The number of phenolic OH excluding ortho intramolecular Hbond substituents is 1. The number of carbonyl (C=O) groups excluding carboxylic acids is 4. The maximum Gasteiger partial charge on any atom is 0.319 e. The summed E-state index contributed by atoms with van der Waals surface area (Å²) in [6, 6.07) is 11.0. The predicted molar refractivity (Wildman–Crippen MR) is 271 cm³/mol. The second-order valence-corrected chi connectivity index (χ2v) is 22.6. The van der Waals surface area contributed by atoms with Crippen LogP contribution in [0.15, 0.2) is 48.7 Å². The summed E-state index contributed by atoms with van der Waals surface area (Å²) in [7, 11) is 0. The molecule has 16 nitrogen and oxygen atoms in total. The van der Waals surface area contributed by atoms with Crippen molar-refractivity contribution < 1.29 is 42.5 Å². The molecule has 5 aromatic rings. The molecule has 13 rings (SSSR count). The van der Waals surface area contributed by atoms with Crippen LogP contribution in [0.1, 0.15) is 104 Å². The molecule has 2 saturated carbocycles. The number of piperidine rings is 3. The summed E-state index contributed by atoms with van der Waals surface area (Å²) < 4.78 is 45.2. The Morgan fingerprint density at radius 2 is 1.64 bits per heavy atom. The Kier molecular flexibility index (Phi) is 11.5. The van der Waals surface area contributed by atoms with E-state index in [1.807, 2.05) is 13.0 Å². The topological polar surface area (TPSA) is 174 Å². The number of anilines is 2. The number of hydrogen-bond donors (Lipinski definition) is 2. The van der Waals surface area contributed by atoms with Crippen molar-refractivity contribution in [3.63, 3.8) is 0 Å². The van der Waals surface area contributed by atoms with Crippen LogP contribution in [0.2, 0.25) is 0 Å². The molecule has 2 aromatic heterocycles. The van der Waals surface area contributed by atoms with Gasteiger partial charge in [0.25, 0.3) is 11.8 Å². The first-order valence-electron chi connectivity index (χ1n) is 26.7. The number of rotatable bonds is 11. The van der Waals surface area contributed by atoms with Gasteiger partial charge in [-0.1, -0.05) is 13.0 Å². The quantitative estimate of drug-likeness (QED) is 0.133. The van der Waals surface area contributed by atoms with Crippen molar-refractivity contribution >= 4 is 56.8 Å². The minimum Gasteiger partial charge on any atom is -0.508 e. The molecule has 0 radical (unpaired) electrons. The zero-order chi connectivity index (χ0) is 50.7. The van der Waals surface area contributed by atoms with Crippen LogP contribution in [0, 0.1) is 22.5 Å². The smallest absolute Gasteiger partial charge is 0.319 e. The van der Waals surface area contributed by atoms with E-state index in [0.29, 0.717) is 75.3 Å². The Balaban J connectivity index is 0.648. The van der Waals surface area contributed by atoms with Gasteiger partial charge in [0, 0.05) is 87.6 Å². The summed E-state index contributed by atoms with van der Waals surface area (Å²) in [5.41, 5.74) is 2.32. The molecule has 74 heavy (non-hydrogen) atoms. The maximum absolute atomic E-state index is 17.3. The van der Waals surface area contributed by atoms with Gasteiger partial charge >= 0.3 is 6.01 Å². The third-order valence-corrected chi connectivity index (χ3v) is 18.1. The third-order valence-electron chi connectivity index (χ3n) is 18.1. The van der Waals surface area contributed by atoms with E-state index in [4.69, 9.17) is 19.4 Å². The van der Waals surface area contributed by atoms with Gasteiger partial charge < -0.3 is 29.3 Å². The lowest BCUT2D eigenvalue weighted by Crippen LogP contribution is -2.59. The number of aromatic nitrogens is 3. The zero-order valence-electron chi connectivity index (χ0n) is 41.8. The lowest BCUT2D eigenvalue weighted by atomic mass is 9.60. The van der Waals surface area contributed by atoms with E-state index >= 15 is 8.78 Å². The fourth-order valence-corrected chi connectivity index (χ4v) is 13.5. The molecule has 2 unspecified atom stereocenters. The van der Waals surface area contributed by atoms with Crippen molar-refractivity contribution in [1.82, 2.24) is 35.0 Å². The van der Waals surface area contributed by atoms with Crippen LogP contribution in [-0.2, 0) is 20.7 Å².